The number of hydrogen-bond acceptors (Lipinski definition) is 4. The van der Waals surface area contributed by atoms with E-state index in [2.05, 4.69) is 10.6 Å². The highest BCUT2D eigenvalue weighted by Gasteiger charge is 2.22. The molecule has 0 bridgehead atoms. The second kappa shape index (κ2) is 6.08. The van der Waals surface area contributed by atoms with Crippen molar-refractivity contribution in [1.29, 1.82) is 0 Å². The number of hydrogen-bond donors (Lipinski definition) is 2. The summed E-state index contributed by atoms with van der Waals surface area (Å²) in [7, 11) is 1.54. The van der Waals surface area contributed by atoms with E-state index in [-0.39, 0.29) is 24.5 Å². The summed E-state index contributed by atoms with van der Waals surface area (Å²) < 4.78 is 10.5. The molecule has 1 aliphatic rings. The van der Waals surface area contributed by atoms with E-state index in [0.717, 1.165) is 0 Å². The summed E-state index contributed by atoms with van der Waals surface area (Å²) in [5.74, 6) is 0.789. The number of carbonyl (C=O) groups is 2. The maximum atomic E-state index is 11.7. The maximum Gasteiger partial charge on any atom is 0.258 e. The second-order valence-electron chi connectivity index (χ2n) is 4.21. The Balaban J connectivity index is 1.81. The zero-order chi connectivity index (χ0) is 13.7. The molecule has 1 fully saturated rings. The Morgan fingerprint density at radius 3 is 2.79 bits per heavy atom. The molecule has 1 aromatic carbocycles. The molecule has 2 N–H and O–H groups in total. The predicted octanol–water partition coefficient (Wildman–Crippen LogP) is 0.0787. The molecular formula is C13H16N2O4. The topological polar surface area (TPSA) is 76.7 Å². The molecule has 6 nitrogen and oxygen atoms in total. The van der Waals surface area contributed by atoms with Gasteiger partial charge in [-0.05, 0) is 12.1 Å². The van der Waals surface area contributed by atoms with Crippen molar-refractivity contribution in [3.63, 3.8) is 0 Å². The van der Waals surface area contributed by atoms with Crippen molar-refractivity contribution in [2.24, 2.45) is 0 Å². The Kier molecular flexibility index (Phi) is 4.22. The molecule has 1 aliphatic heterocycles. The SMILES string of the molecule is COc1ccccc1OCC(=O)NC1CNC(=O)C1. The van der Waals surface area contributed by atoms with Gasteiger partial charge in [-0.1, -0.05) is 12.1 Å². The lowest BCUT2D eigenvalue weighted by atomic mass is 10.2. The van der Waals surface area contributed by atoms with E-state index >= 15 is 0 Å². The van der Waals surface area contributed by atoms with Crippen LogP contribution in [0.4, 0.5) is 0 Å². The minimum atomic E-state index is -0.257. The average Bonchev–Trinajstić information content (AvgIpc) is 2.82. The van der Waals surface area contributed by atoms with Crippen LogP contribution in [-0.2, 0) is 9.59 Å². The predicted molar refractivity (Wildman–Crippen MR) is 68.0 cm³/mol. The number of ether oxygens (including phenoxy) is 2. The molecule has 2 amide bonds. The summed E-state index contributed by atoms with van der Waals surface area (Å²) in [6, 6.07) is 6.96. The summed E-state index contributed by atoms with van der Waals surface area (Å²) in [5.41, 5.74) is 0. The first-order valence-electron chi connectivity index (χ1n) is 6.01. The standard InChI is InChI=1S/C13H16N2O4/c1-18-10-4-2-3-5-11(10)19-8-13(17)15-9-6-12(16)14-7-9/h2-5,9H,6-8H2,1H3,(H,14,16)(H,15,17). The highest BCUT2D eigenvalue weighted by atomic mass is 16.5. The van der Waals surface area contributed by atoms with Crippen LogP contribution in [0.15, 0.2) is 24.3 Å². The number of para-hydroxylation sites is 2. The van der Waals surface area contributed by atoms with Gasteiger partial charge in [-0.3, -0.25) is 9.59 Å². The number of benzene rings is 1. The molecule has 0 radical (unpaired) electrons. The Morgan fingerprint density at radius 2 is 2.16 bits per heavy atom. The molecule has 2 rings (SSSR count). The van der Waals surface area contributed by atoms with Crippen LogP contribution in [0, 0.1) is 0 Å². The van der Waals surface area contributed by atoms with Gasteiger partial charge in [-0.15, -0.1) is 0 Å². The van der Waals surface area contributed by atoms with E-state index < -0.39 is 0 Å². The molecule has 102 valence electrons. The summed E-state index contributed by atoms with van der Waals surface area (Å²) in [4.78, 5) is 22.7. The van der Waals surface area contributed by atoms with Crippen molar-refractivity contribution in [2.75, 3.05) is 20.3 Å². The summed E-state index contributed by atoms with van der Waals surface area (Å²) in [6.07, 6.45) is 0.320. The summed E-state index contributed by atoms with van der Waals surface area (Å²) >= 11 is 0. The highest BCUT2D eigenvalue weighted by Crippen LogP contribution is 2.25. The van der Waals surface area contributed by atoms with Gasteiger partial charge in [0, 0.05) is 13.0 Å². The lowest BCUT2D eigenvalue weighted by molar-refractivity contribution is -0.123. The number of rotatable bonds is 5. The first-order chi connectivity index (χ1) is 9.19. The fourth-order valence-corrected chi connectivity index (χ4v) is 1.86. The maximum absolute atomic E-state index is 11.7. The Bertz CT molecular complexity index is 475. The van der Waals surface area contributed by atoms with Gasteiger partial charge in [0.25, 0.3) is 5.91 Å². The molecule has 6 heteroatoms. The number of methoxy groups -OCH3 is 1. The normalized spacial score (nSPS) is 17.7. The molecule has 1 aromatic rings. The van der Waals surface area contributed by atoms with Crippen LogP contribution in [0.5, 0.6) is 11.5 Å². The Hall–Kier alpha value is -2.24. The monoisotopic (exact) mass is 264 g/mol. The third-order valence-corrected chi connectivity index (χ3v) is 2.77. The third kappa shape index (κ3) is 3.61. The highest BCUT2D eigenvalue weighted by molar-refractivity contribution is 5.82. The molecule has 0 spiro atoms. The van der Waals surface area contributed by atoms with Crippen LogP contribution in [0.2, 0.25) is 0 Å². The fourth-order valence-electron chi connectivity index (χ4n) is 1.86. The Labute approximate surface area is 111 Å². The van der Waals surface area contributed by atoms with Gasteiger partial charge < -0.3 is 20.1 Å². The molecule has 1 unspecified atom stereocenters. The zero-order valence-electron chi connectivity index (χ0n) is 10.6. The first kappa shape index (κ1) is 13.2. The van der Waals surface area contributed by atoms with Gasteiger partial charge >= 0.3 is 0 Å². The average molecular weight is 264 g/mol. The van der Waals surface area contributed by atoms with Crippen molar-refractivity contribution in [1.82, 2.24) is 10.6 Å². The lowest BCUT2D eigenvalue weighted by Crippen LogP contribution is -2.39. The lowest BCUT2D eigenvalue weighted by Gasteiger charge is -2.12. The second-order valence-corrected chi connectivity index (χ2v) is 4.21. The van der Waals surface area contributed by atoms with Crippen molar-refractivity contribution in [3.05, 3.63) is 24.3 Å². The number of carbonyl (C=O) groups excluding carboxylic acids is 2. The van der Waals surface area contributed by atoms with Gasteiger partial charge in [0.2, 0.25) is 5.91 Å². The molecular weight excluding hydrogens is 248 g/mol. The molecule has 1 heterocycles. The third-order valence-electron chi connectivity index (χ3n) is 2.77. The van der Waals surface area contributed by atoms with Crippen LogP contribution in [0.25, 0.3) is 0 Å². The quantitative estimate of drug-likeness (QED) is 0.789. The summed E-state index contributed by atoms with van der Waals surface area (Å²) in [6.45, 7) is 0.365. The van der Waals surface area contributed by atoms with Crippen LogP contribution in [0.3, 0.4) is 0 Å². The van der Waals surface area contributed by atoms with E-state index in [1.165, 1.54) is 7.11 Å². The van der Waals surface area contributed by atoms with E-state index in [9.17, 15) is 9.59 Å². The van der Waals surface area contributed by atoms with E-state index in [1.54, 1.807) is 18.2 Å². The molecule has 0 aliphatic carbocycles. The van der Waals surface area contributed by atoms with Gasteiger partial charge in [0.15, 0.2) is 18.1 Å². The zero-order valence-corrected chi connectivity index (χ0v) is 10.6. The van der Waals surface area contributed by atoms with Gasteiger partial charge in [0.1, 0.15) is 0 Å². The smallest absolute Gasteiger partial charge is 0.258 e. The van der Waals surface area contributed by atoms with Crippen LogP contribution >= 0.6 is 0 Å². The van der Waals surface area contributed by atoms with Crippen LogP contribution in [0.1, 0.15) is 6.42 Å². The number of amides is 2. The molecule has 19 heavy (non-hydrogen) atoms. The molecule has 1 saturated heterocycles. The Morgan fingerprint density at radius 1 is 1.42 bits per heavy atom. The van der Waals surface area contributed by atoms with Gasteiger partial charge in [0.05, 0.1) is 13.2 Å². The molecule has 1 atom stereocenters. The van der Waals surface area contributed by atoms with Gasteiger partial charge in [-0.25, -0.2) is 0 Å². The fraction of sp³-hybridized carbons (Fsp3) is 0.385. The van der Waals surface area contributed by atoms with E-state index in [0.29, 0.717) is 24.5 Å². The minimum absolute atomic E-state index is 0.0454. The summed E-state index contributed by atoms with van der Waals surface area (Å²) in [5, 5.41) is 5.38. The largest absolute Gasteiger partial charge is 0.493 e. The van der Waals surface area contributed by atoms with Crippen LogP contribution < -0.4 is 20.1 Å². The van der Waals surface area contributed by atoms with Crippen molar-refractivity contribution < 1.29 is 19.1 Å². The van der Waals surface area contributed by atoms with Crippen molar-refractivity contribution in [2.45, 2.75) is 12.5 Å². The minimum Gasteiger partial charge on any atom is -0.493 e. The molecule has 0 aromatic heterocycles. The molecule has 0 saturated carbocycles. The van der Waals surface area contributed by atoms with E-state index in [1.807, 2.05) is 6.07 Å². The van der Waals surface area contributed by atoms with E-state index in [4.69, 9.17) is 9.47 Å². The van der Waals surface area contributed by atoms with Gasteiger partial charge in [-0.2, -0.15) is 0 Å². The number of nitrogens with one attached hydrogen (secondary N) is 2. The first-order valence-corrected chi connectivity index (χ1v) is 6.01. The van der Waals surface area contributed by atoms with Crippen molar-refractivity contribution >= 4 is 11.8 Å². The van der Waals surface area contributed by atoms with Crippen molar-refractivity contribution in [3.8, 4) is 11.5 Å². The van der Waals surface area contributed by atoms with Crippen LogP contribution in [-0.4, -0.2) is 38.1 Å².